The number of carbonyl (C=O) groups excluding carboxylic acids is 1. The van der Waals surface area contributed by atoms with Crippen molar-refractivity contribution in [3.63, 3.8) is 0 Å². The molecule has 5 nitrogen and oxygen atoms in total. The smallest absolute Gasteiger partial charge is 0.340 e. The molecule has 21 heavy (non-hydrogen) atoms. The molecule has 0 radical (unpaired) electrons. The van der Waals surface area contributed by atoms with Crippen molar-refractivity contribution in [1.82, 2.24) is 4.90 Å². The first-order valence-electron chi connectivity index (χ1n) is 7.39. The minimum absolute atomic E-state index is 0.239. The van der Waals surface area contributed by atoms with Crippen LogP contribution in [-0.4, -0.2) is 50.7 Å². The molecule has 0 spiro atoms. The number of para-hydroxylation sites is 1. The summed E-state index contributed by atoms with van der Waals surface area (Å²) in [5.41, 5.74) is 8.04. The molecule has 0 amide bonds. The Morgan fingerprint density at radius 3 is 2.52 bits per heavy atom. The first kappa shape index (κ1) is 17.3. The largest absolute Gasteiger partial charge is 0.462 e. The van der Waals surface area contributed by atoms with Gasteiger partial charge in [0.2, 0.25) is 0 Å². The summed E-state index contributed by atoms with van der Waals surface area (Å²) in [6.45, 7) is 8.00. The van der Waals surface area contributed by atoms with Gasteiger partial charge < -0.3 is 20.3 Å². The van der Waals surface area contributed by atoms with Crippen LogP contribution in [0.1, 0.15) is 31.1 Å². The Bertz CT molecular complexity index is 475. The van der Waals surface area contributed by atoms with Crippen molar-refractivity contribution in [2.75, 3.05) is 44.4 Å². The zero-order valence-corrected chi connectivity index (χ0v) is 13.7. The highest BCUT2D eigenvalue weighted by molar-refractivity contribution is 5.99. The van der Waals surface area contributed by atoms with E-state index in [9.17, 15) is 4.79 Å². The number of anilines is 2. The van der Waals surface area contributed by atoms with Crippen molar-refractivity contribution < 1.29 is 9.53 Å². The Morgan fingerprint density at radius 1 is 1.33 bits per heavy atom. The number of benzene rings is 1. The lowest BCUT2D eigenvalue weighted by molar-refractivity contribution is 0.0527. The van der Waals surface area contributed by atoms with Gasteiger partial charge in [-0.25, -0.2) is 4.79 Å². The lowest BCUT2D eigenvalue weighted by Gasteiger charge is -2.34. The monoisotopic (exact) mass is 293 g/mol. The van der Waals surface area contributed by atoms with Gasteiger partial charge in [-0.1, -0.05) is 6.07 Å². The van der Waals surface area contributed by atoms with Gasteiger partial charge in [-0.2, -0.15) is 0 Å². The fraction of sp³-hybridized carbons (Fsp3) is 0.562. The van der Waals surface area contributed by atoms with E-state index in [2.05, 4.69) is 23.6 Å². The molecule has 0 heterocycles. The van der Waals surface area contributed by atoms with Crippen LogP contribution in [0.25, 0.3) is 0 Å². The highest BCUT2D eigenvalue weighted by atomic mass is 16.5. The third-order valence-electron chi connectivity index (χ3n) is 3.35. The van der Waals surface area contributed by atoms with Gasteiger partial charge in [-0.05, 0) is 47.0 Å². The van der Waals surface area contributed by atoms with Gasteiger partial charge in [-0.3, -0.25) is 0 Å². The molecular formula is C16H27N3O2. The summed E-state index contributed by atoms with van der Waals surface area (Å²) in [6, 6.07) is 5.62. The van der Waals surface area contributed by atoms with Crippen LogP contribution in [0, 0.1) is 0 Å². The zero-order valence-electron chi connectivity index (χ0n) is 13.7. The molecule has 0 saturated carbocycles. The third kappa shape index (κ3) is 4.36. The van der Waals surface area contributed by atoms with Gasteiger partial charge in [0.25, 0.3) is 0 Å². The summed E-state index contributed by atoms with van der Waals surface area (Å²) in [7, 11) is 4.07. The van der Waals surface area contributed by atoms with Crippen LogP contribution >= 0.6 is 0 Å². The first-order valence-corrected chi connectivity index (χ1v) is 7.39. The molecule has 2 N–H and O–H groups in total. The Hall–Kier alpha value is -1.75. The lowest BCUT2D eigenvalue weighted by Crippen LogP contribution is -2.41. The molecule has 0 aliphatic rings. The summed E-state index contributed by atoms with van der Waals surface area (Å²) < 4.78 is 5.15. The fourth-order valence-corrected chi connectivity index (χ4v) is 2.57. The summed E-state index contributed by atoms with van der Waals surface area (Å²) in [6.07, 6.45) is 0. The Kier molecular flexibility index (Phi) is 6.49. The maximum atomic E-state index is 12.2. The van der Waals surface area contributed by atoms with E-state index >= 15 is 0 Å². The van der Waals surface area contributed by atoms with Gasteiger partial charge in [0.05, 0.1) is 23.5 Å². The number of nitrogen functional groups attached to an aromatic ring is 1. The molecule has 0 bridgehead atoms. The minimum atomic E-state index is -0.324. The third-order valence-corrected chi connectivity index (χ3v) is 3.35. The molecule has 1 aromatic carbocycles. The van der Waals surface area contributed by atoms with Crippen LogP contribution in [-0.2, 0) is 4.74 Å². The van der Waals surface area contributed by atoms with Crippen molar-refractivity contribution in [2.24, 2.45) is 0 Å². The number of likely N-dealkylation sites (N-methyl/N-ethyl adjacent to an activating group) is 2. The molecule has 0 saturated heterocycles. The molecule has 0 aliphatic carbocycles. The van der Waals surface area contributed by atoms with Crippen LogP contribution in [0.15, 0.2) is 18.2 Å². The average Bonchev–Trinajstić information content (AvgIpc) is 2.40. The number of hydrogen-bond acceptors (Lipinski definition) is 5. The molecule has 1 aromatic rings. The number of carbonyl (C=O) groups is 1. The molecule has 1 rings (SSSR count). The average molecular weight is 293 g/mol. The molecule has 5 heteroatoms. The second-order valence-corrected chi connectivity index (χ2v) is 5.36. The highest BCUT2D eigenvalue weighted by Gasteiger charge is 2.23. The van der Waals surface area contributed by atoms with Crippen molar-refractivity contribution in [3.8, 4) is 0 Å². The highest BCUT2D eigenvalue weighted by Crippen LogP contribution is 2.30. The second-order valence-electron chi connectivity index (χ2n) is 5.36. The Labute approximate surface area is 127 Å². The van der Waals surface area contributed by atoms with Crippen molar-refractivity contribution in [3.05, 3.63) is 23.8 Å². The van der Waals surface area contributed by atoms with Crippen LogP contribution in [0.5, 0.6) is 0 Å². The van der Waals surface area contributed by atoms with E-state index in [0.717, 1.165) is 18.8 Å². The predicted octanol–water partition coefficient (Wildman–Crippen LogP) is 2.22. The Morgan fingerprint density at radius 2 is 2.00 bits per heavy atom. The number of ether oxygens (including phenoxy) is 1. The lowest BCUT2D eigenvalue weighted by atomic mass is 10.1. The van der Waals surface area contributed by atoms with Crippen LogP contribution in [0.4, 0.5) is 11.4 Å². The molecule has 0 aliphatic heterocycles. The van der Waals surface area contributed by atoms with Crippen LogP contribution in [0.3, 0.4) is 0 Å². The molecule has 0 aromatic heterocycles. The molecule has 1 atom stereocenters. The van der Waals surface area contributed by atoms with Crippen molar-refractivity contribution in [1.29, 1.82) is 0 Å². The normalized spacial score (nSPS) is 12.3. The van der Waals surface area contributed by atoms with E-state index in [4.69, 9.17) is 10.5 Å². The zero-order chi connectivity index (χ0) is 16.0. The molecular weight excluding hydrogens is 266 g/mol. The maximum Gasteiger partial charge on any atom is 0.340 e. The van der Waals surface area contributed by atoms with E-state index in [1.54, 1.807) is 19.1 Å². The van der Waals surface area contributed by atoms with E-state index in [0.29, 0.717) is 17.9 Å². The Balaban J connectivity index is 3.21. The number of esters is 1. The second kappa shape index (κ2) is 7.88. The first-order chi connectivity index (χ1) is 9.92. The summed E-state index contributed by atoms with van der Waals surface area (Å²) in [5.74, 6) is -0.324. The predicted molar refractivity (Wildman–Crippen MR) is 87.8 cm³/mol. The maximum absolute atomic E-state index is 12.2. The topological polar surface area (TPSA) is 58.8 Å². The number of rotatable bonds is 7. The molecule has 0 fully saturated rings. The number of hydrogen-bond donors (Lipinski definition) is 1. The number of nitrogens with zero attached hydrogens (tertiary/aromatic N) is 2. The van der Waals surface area contributed by atoms with Gasteiger partial charge >= 0.3 is 5.97 Å². The van der Waals surface area contributed by atoms with Crippen LogP contribution < -0.4 is 10.6 Å². The van der Waals surface area contributed by atoms with Gasteiger partial charge in [0.15, 0.2) is 0 Å². The van der Waals surface area contributed by atoms with E-state index in [-0.39, 0.29) is 12.0 Å². The summed E-state index contributed by atoms with van der Waals surface area (Å²) in [4.78, 5) is 16.4. The molecule has 118 valence electrons. The van der Waals surface area contributed by atoms with Crippen molar-refractivity contribution in [2.45, 2.75) is 26.8 Å². The summed E-state index contributed by atoms with van der Waals surface area (Å²) in [5, 5.41) is 0. The summed E-state index contributed by atoms with van der Waals surface area (Å²) >= 11 is 0. The van der Waals surface area contributed by atoms with E-state index in [1.165, 1.54) is 0 Å². The minimum Gasteiger partial charge on any atom is -0.462 e. The van der Waals surface area contributed by atoms with Gasteiger partial charge in [0, 0.05) is 19.1 Å². The van der Waals surface area contributed by atoms with E-state index in [1.807, 2.05) is 20.2 Å². The van der Waals surface area contributed by atoms with Crippen molar-refractivity contribution >= 4 is 17.3 Å². The SMILES string of the molecule is CCOC(=O)c1cccc(N)c1N(CC)C(C)CN(C)C. The molecule has 1 unspecified atom stereocenters. The van der Waals surface area contributed by atoms with E-state index < -0.39 is 0 Å². The standard InChI is InChI=1S/C16H27N3O2/c1-6-19(12(3)11-18(4)5)15-13(16(20)21-7-2)9-8-10-14(15)17/h8-10,12H,6-7,11,17H2,1-5H3. The van der Waals surface area contributed by atoms with Gasteiger partial charge in [0.1, 0.15) is 0 Å². The van der Waals surface area contributed by atoms with Crippen LogP contribution in [0.2, 0.25) is 0 Å². The van der Waals surface area contributed by atoms with Gasteiger partial charge in [-0.15, -0.1) is 0 Å². The quantitative estimate of drug-likeness (QED) is 0.617. The fourth-order valence-electron chi connectivity index (χ4n) is 2.57. The number of nitrogens with two attached hydrogens (primary N) is 1.